The topological polar surface area (TPSA) is 152 Å². The van der Waals surface area contributed by atoms with Crippen LogP contribution >= 0.6 is 0 Å². The number of hydrogen-bond donors (Lipinski definition) is 4. The van der Waals surface area contributed by atoms with Gasteiger partial charge >= 0.3 is 11.9 Å². The number of ether oxygens (including phenoxy) is 4. The first-order valence-electron chi connectivity index (χ1n) is 25.9. The molecule has 0 amide bonds. The van der Waals surface area contributed by atoms with Gasteiger partial charge in [-0.05, 0) is 112 Å². The maximum absolute atomic E-state index is 12.8. The maximum Gasteiger partial charge on any atom is 0.306 e. The molecule has 0 aromatic heterocycles. The number of carbonyl (C=O) groups is 2. The average Bonchev–Trinajstić information content (AvgIpc) is 3.23. The van der Waals surface area contributed by atoms with Crippen molar-refractivity contribution in [3.8, 4) is 23.0 Å². The number of phenolic OH excluding ortho intramolecular Hbond substituents is 4. The standard InChI is InChI=1S/C62H90O10/c1-57(2,3)45-35-43(55(67)49(37-45)61(13,14)15)33-41-29-39(31-47(53(41)65)59(7,8)9)19-21-51(63)71-27-25-69-23-24-70-26-28-72-52(64)22-20-40-30-42(54(66)48(32-40)60(10,11)12)34-44-36-46(58(4,5)6)38-50(56(44)68)62(16,17)18/h29-32,35-38,65-68H,19-28,33-34H2,1-18H3. The van der Waals surface area contributed by atoms with Gasteiger partial charge in [0.2, 0.25) is 0 Å². The van der Waals surface area contributed by atoms with Gasteiger partial charge in [0.05, 0.1) is 26.4 Å². The number of benzene rings is 4. The van der Waals surface area contributed by atoms with E-state index in [-0.39, 0.29) is 120 Å². The molecule has 4 N–H and O–H groups in total. The number of rotatable bonds is 19. The second-order valence-electron chi connectivity index (χ2n) is 25.9. The minimum absolute atomic E-state index is 0.0920. The molecule has 0 atom stereocenters. The summed E-state index contributed by atoms with van der Waals surface area (Å²) < 4.78 is 22.2. The Morgan fingerprint density at radius 3 is 0.903 bits per heavy atom. The third-order valence-electron chi connectivity index (χ3n) is 13.2. The number of phenols is 4. The van der Waals surface area contributed by atoms with Crippen LogP contribution in [0.4, 0.5) is 0 Å². The molecule has 0 saturated carbocycles. The fourth-order valence-corrected chi connectivity index (χ4v) is 8.69. The van der Waals surface area contributed by atoms with E-state index in [1.807, 2.05) is 77.9 Å². The van der Waals surface area contributed by atoms with Crippen molar-refractivity contribution >= 4 is 11.9 Å². The highest BCUT2D eigenvalue weighted by Gasteiger charge is 2.29. The van der Waals surface area contributed by atoms with Crippen molar-refractivity contribution in [3.05, 3.63) is 115 Å². The van der Waals surface area contributed by atoms with Crippen molar-refractivity contribution in [2.24, 2.45) is 0 Å². The van der Waals surface area contributed by atoms with Crippen LogP contribution in [0.3, 0.4) is 0 Å². The monoisotopic (exact) mass is 995 g/mol. The maximum atomic E-state index is 12.8. The minimum Gasteiger partial charge on any atom is -0.507 e. The van der Waals surface area contributed by atoms with E-state index in [9.17, 15) is 30.0 Å². The molecule has 0 unspecified atom stereocenters. The molecule has 4 aromatic carbocycles. The van der Waals surface area contributed by atoms with Crippen LogP contribution in [-0.2, 0) is 86.7 Å². The van der Waals surface area contributed by atoms with Gasteiger partial charge in [0.1, 0.15) is 36.2 Å². The molecule has 0 fully saturated rings. The normalized spacial score (nSPS) is 12.9. The average molecular weight is 995 g/mol. The predicted molar refractivity (Wildman–Crippen MR) is 290 cm³/mol. The Morgan fingerprint density at radius 2 is 0.625 bits per heavy atom. The van der Waals surface area contributed by atoms with Crippen LogP contribution in [-0.4, -0.2) is 72.0 Å². The fraction of sp³-hybridized carbons (Fsp3) is 0.581. The lowest BCUT2D eigenvalue weighted by molar-refractivity contribution is -0.146. The molecule has 0 saturated heterocycles. The molecule has 72 heavy (non-hydrogen) atoms. The molecular weight excluding hydrogens is 905 g/mol. The zero-order valence-electron chi connectivity index (χ0n) is 47.3. The summed E-state index contributed by atoms with van der Waals surface area (Å²) in [5, 5.41) is 46.1. The van der Waals surface area contributed by atoms with Crippen LogP contribution in [0.1, 0.15) is 204 Å². The van der Waals surface area contributed by atoms with Crippen molar-refractivity contribution in [3.63, 3.8) is 0 Å². The zero-order chi connectivity index (χ0) is 54.4. The van der Waals surface area contributed by atoms with Gasteiger partial charge in [-0.25, -0.2) is 0 Å². The Kier molecular flexibility index (Phi) is 19.4. The van der Waals surface area contributed by atoms with Crippen molar-refractivity contribution in [2.75, 3.05) is 39.6 Å². The number of aryl methyl sites for hydroxylation is 2. The molecule has 0 bridgehead atoms. The van der Waals surface area contributed by atoms with E-state index in [4.69, 9.17) is 18.9 Å². The molecule has 0 aliphatic rings. The predicted octanol–water partition coefficient (Wildman–Crippen LogP) is 13.2. The van der Waals surface area contributed by atoms with E-state index in [0.717, 1.165) is 55.6 Å². The lowest BCUT2D eigenvalue weighted by atomic mass is 9.77. The van der Waals surface area contributed by atoms with Crippen molar-refractivity contribution in [1.29, 1.82) is 0 Å². The summed E-state index contributed by atoms with van der Waals surface area (Å²) >= 11 is 0. The van der Waals surface area contributed by atoms with Gasteiger partial charge in [-0.1, -0.05) is 173 Å². The third-order valence-corrected chi connectivity index (χ3v) is 13.2. The van der Waals surface area contributed by atoms with E-state index in [0.29, 0.717) is 36.8 Å². The zero-order valence-corrected chi connectivity index (χ0v) is 47.3. The number of aromatic hydroxyl groups is 4. The molecule has 0 spiro atoms. The van der Waals surface area contributed by atoms with Gasteiger partial charge in [-0.3, -0.25) is 9.59 Å². The SMILES string of the molecule is CC(C)(C)c1cc(Cc2cc(CCC(=O)OCCOCCOCCOC(=O)CCc3cc(Cc4cc(C(C)(C)C)cc(C(C)(C)C)c4O)c(O)c(C(C)(C)C)c3)cc(C(C)(C)C)c2O)c(O)c(C(C)(C)C)c1. The van der Waals surface area contributed by atoms with Crippen LogP contribution in [0.15, 0.2) is 48.5 Å². The first kappa shape index (κ1) is 59.5. The van der Waals surface area contributed by atoms with E-state index in [1.165, 1.54) is 0 Å². The van der Waals surface area contributed by atoms with Crippen LogP contribution in [0.25, 0.3) is 0 Å². The number of carbonyl (C=O) groups excluding carboxylic acids is 2. The molecule has 0 aliphatic heterocycles. The fourth-order valence-electron chi connectivity index (χ4n) is 8.69. The Balaban J connectivity index is 1.23. The van der Waals surface area contributed by atoms with Gasteiger partial charge in [0.15, 0.2) is 0 Å². The Bertz CT molecular complexity index is 2330. The molecule has 0 radical (unpaired) electrons. The molecule has 0 aliphatic carbocycles. The van der Waals surface area contributed by atoms with E-state index in [1.54, 1.807) is 0 Å². The van der Waals surface area contributed by atoms with Gasteiger partial charge in [-0.2, -0.15) is 0 Å². The van der Waals surface area contributed by atoms with Crippen LogP contribution < -0.4 is 0 Å². The lowest BCUT2D eigenvalue weighted by Gasteiger charge is -2.28. The molecule has 10 heteroatoms. The molecular formula is C62H90O10. The van der Waals surface area contributed by atoms with Crippen LogP contribution in [0.5, 0.6) is 23.0 Å². The van der Waals surface area contributed by atoms with Gasteiger partial charge in [-0.15, -0.1) is 0 Å². The van der Waals surface area contributed by atoms with Crippen LogP contribution in [0.2, 0.25) is 0 Å². The van der Waals surface area contributed by atoms with E-state index >= 15 is 0 Å². The summed E-state index contributed by atoms with van der Waals surface area (Å²) in [6.45, 7) is 38.9. The van der Waals surface area contributed by atoms with Crippen molar-refractivity contribution in [1.82, 2.24) is 0 Å². The Morgan fingerprint density at radius 1 is 0.361 bits per heavy atom. The summed E-state index contributed by atoms with van der Waals surface area (Å²) in [4.78, 5) is 25.7. The summed E-state index contributed by atoms with van der Waals surface area (Å²) in [6, 6.07) is 16.1. The number of esters is 2. The largest absolute Gasteiger partial charge is 0.507 e. The highest BCUT2D eigenvalue weighted by Crippen LogP contribution is 2.43. The van der Waals surface area contributed by atoms with Crippen molar-refractivity contribution in [2.45, 2.75) is 196 Å². The van der Waals surface area contributed by atoms with Crippen LogP contribution in [0, 0.1) is 0 Å². The summed E-state index contributed by atoms with van der Waals surface area (Å²) in [6.07, 6.45) is 1.82. The van der Waals surface area contributed by atoms with Gasteiger partial charge in [0, 0.05) is 25.7 Å². The molecule has 0 heterocycles. The second kappa shape index (κ2) is 23.4. The smallest absolute Gasteiger partial charge is 0.306 e. The first-order valence-corrected chi connectivity index (χ1v) is 25.9. The Hall–Kier alpha value is -5.06. The summed E-state index contributed by atoms with van der Waals surface area (Å²) in [5.74, 6) is 0.179. The lowest BCUT2D eigenvalue weighted by Crippen LogP contribution is -2.18. The highest BCUT2D eigenvalue weighted by molar-refractivity contribution is 5.70. The second-order valence-corrected chi connectivity index (χ2v) is 25.9. The third kappa shape index (κ3) is 16.7. The highest BCUT2D eigenvalue weighted by atomic mass is 16.6. The molecule has 4 rings (SSSR count). The Labute approximate surface area is 432 Å². The number of hydrogen-bond acceptors (Lipinski definition) is 10. The molecule has 398 valence electrons. The van der Waals surface area contributed by atoms with Gasteiger partial charge in [0.25, 0.3) is 0 Å². The van der Waals surface area contributed by atoms with Crippen molar-refractivity contribution < 1.29 is 49.0 Å². The first-order chi connectivity index (χ1) is 33.0. The minimum atomic E-state index is -0.364. The summed E-state index contributed by atoms with van der Waals surface area (Å²) in [7, 11) is 0. The summed E-state index contributed by atoms with van der Waals surface area (Å²) in [5.41, 5.74) is 8.64. The quantitative estimate of drug-likeness (QED) is 0.0528. The van der Waals surface area contributed by atoms with Gasteiger partial charge < -0.3 is 39.4 Å². The van der Waals surface area contributed by atoms with E-state index in [2.05, 4.69) is 95.2 Å². The molecule has 4 aromatic rings. The molecule has 10 nitrogen and oxygen atoms in total. The van der Waals surface area contributed by atoms with E-state index < -0.39 is 0 Å².